The first-order valence-electron chi connectivity index (χ1n) is 12.5. The molecule has 0 saturated carbocycles. The van der Waals surface area contributed by atoms with Gasteiger partial charge in [-0.15, -0.1) is 4.99 Å². The number of anilines is 1. The molecule has 0 radical (unpaired) electrons. The fraction of sp³-hybridized carbons (Fsp3) is 0.500. The smallest absolute Gasteiger partial charge is 0.437 e. The van der Waals surface area contributed by atoms with E-state index in [0.29, 0.717) is 22.7 Å². The van der Waals surface area contributed by atoms with E-state index in [1.165, 1.54) is 0 Å². The van der Waals surface area contributed by atoms with Crippen LogP contribution in [0, 0.1) is 0 Å². The molecule has 0 saturated heterocycles. The quantitative estimate of drug-likeness (QED) is 0.248. The molecule has 2 aromatic rings. The molecule has 1 heterocycles. The van der Waals surface area contributed by atoms with E-state index in [0.717, 1.165) is 4.90 Å². The summed E-state index contributed by atoms with van der Waals surface area (Å²) in [5.74, 6) is 0.264. The van der Waals surface area contributed by atoms with E-state index >= 15 is 0 Å². The molecule has 208 valence electrons. The van der Waals surface area contributed by atoms with Crippen molar-refractivity contribution in [3.63, 3.8) is 0 Å². The van der Waals surface area contributed by atoms with E-state index in [2.05, 4.69) is 43.8 Å². The van der Waals surface area contributed by atoms with Crippen molar-refractivity contribution in [3.8, 4) is 17.0 Å². The van der Waals surface area contributed by atoms with Crippen LogP contribution in [0.2, 0.25) is 18.1 Å². The molecule has 1 aromatic heterocycles. The van der Waals surface area contributed by atoms with Gasteiger partial charge in [0.2, 0.25) is 5.96 Å². The molecule has 0 spiro atoms. The van der Waals surface area contributed by atoms with Gasteiger partial charge in [0.25, 0.3) is 8.32 Å². The highest BCUT2D eigenvalue weighted by molar-refractivity contribution is 6.74. The number of ether oxygens (including phenoxy) is 2. The lowest BCUT2D eigenvalue weighted by molar-refractivity contribution is 0.0601. The first-order valence-corrected chi connectivity index (χ1v) is 15.5. The summed E-state index contributed by atoms with van der Waals surface area (Å²) >= 11 is 0. The Labute approximate surface area is 227 Å². The van der Waals surface area contributed by atoms with Crippen LogP contribution >= 0.6 is 0 Å². The number of carbonyl (C=O) groups excluding carboxylic acids is 2. The summed E-state index contributed by atoms with van der Waals surface area (Å²) < 4.78 is 17.4. The van der Waals surface area contributed by atoms with Crippen LogP contribution in [0.5, 0.6) is 5.75 Å². The number of pyridine rings is 1. The highest BCUT2D eigenvalue weighted by atomic mass is 28.4. The third-order valence-electron chi connectivity index (χ3n) is 5.72. The second kappa shape index (κ2) is 11.1. The van der Waals surface area contributed by atoms with Crippen molar-refractivity contribution in [2.24, 2.45) is 10.7 Å². The number of guanidine groups is 1. The van der Waals surface area contributed by atoms with Gasteiger partial charge in [0.05, 0.1) is 5.69 Å². The number of rotatable bonds is 4. The van der Waals surface area contributed by atoms with Crippen LogP contribution in [0.15, 0.2) is 47.6 Å². The summed E-state index contributed by atoms with van der Waals surface area (Å²) in [6, 6.07) is 10.7. The Balaban J connectivity index is 2.59. The third-order valence-corrected chi connectivity index (χ3v) is 10.1. The number of hydrogen-bond acceptors (Lipinski definition) is 6. The van der Waals surface area contributed by atoms with E-state index < -0.39 is 31.7 Å². The van der Waals surface area contributed by atoms with Gasteiger partial charge in [0, 0.05) is 11.8 Å². The Bertz CT molecular complexity index is 1190. The van der Waals surface area contributed by atoms with Gasteiger partial charge < -0.3 is 19.6 Å². The first-order chi connectivity index (χ1) is 17.2. The Hall–Kier alpha value is -3.40. The number of aliphatic imine (C=N–C) groups is 1. The van der Waals surface area contributed by atoms with Crippen LogP contribution in [-0.2, 0) is 9.47 Å². The standard InChI is InChI=1S/C28H42N4O5Si/c1-26(2,3)35-24(33)31-23(29)32(25(34)36-27(4,5)6)20-15-12-14-19(18-20)22-21(16-13-17-30-22)37-38(10,11)28(7,8)9/h12-18H,1-11H3,(H2,29,31,33). The van der Waals surface area contributed by atoms with Crippen LogP contribution in [0.1, 0.15) is 62.3 Å². The van der Waals surface area contributed by atoms with E-state index in [1.54, 1.807) is 65.9 Å². The summed E-state index contributed by atoms with van der Waals surface area (Å²) in [6.45, 7) is 21.2. The molecule has 9 nitrogen and oxygen atoms in total. The molecule has 2 N–H and O–H groups in total. The Kier molecular flexibility index (Phi) is 9.04. The third kappa shape index (κ3) is 8.58. The van der Waals surface area contributed by atoms with Gasteiger partial charge >= 0.3 is 12.2 Å². The maximum Gasteiger partial charge on any atom is 0.437 e. The van der Waals surface area contributed by atoms with Crippen molar-refractivity contribution in [2.75, 3.05) is 4.90 Å². The Morgan fingerprint density at radius 3 is 2.08 bits per heavy atom. The zero-order chi connectivity index (χ0) is 29.1. The average Bonchev–Trinajstić information content (AvgIpc) is 2.70. The number of benzene rings is 1. The Morgan fingerprint density at radius 1 is 0.921 bits per heavy atom. The van der Waals surface area contributed by atoms with Crippen molar-refractivity contribution in [3.05, 3.63) is 42.6 Å². The fourth-order valence-electron chi connectivity index (χ4n) is 2.98. The minimum Gasteiger partial charge on any atom is -0.542 e. The predicted molar refractivity (Wildman–Crippen MR) is 154 cm³/mol. The highest BCUT2D eigenvalue weighted by Gasteiger charge is 2.39. The van der Waals surface area contributed by atoms with Crippen LogP contribution in [-0.4, -0.2) is 42.6 Å². The lowest BCUT2D eigenvalue weighted by atomic mass is 10.1. The van der Waals surface area contributed by atoms with Crippen LogP contribution in [0.25, 0.3) is 11.3 Å². The molecule has 0 bridgehead atoms. The van der Waals surface area contributed by atoms with Crippen LogP contribution < -0.4 is 15.1 Å². The fourth-order valence-corrected chi connectivity index (χ4v) is 4.00. The summed E-state index contributed by atoms with van der Waals surface area (Å²) in [6.07, 6.45) is -0.0301. The van der Waals surface area contributed by atoms with E-state index in [9.17, 15) is 9.59 Å². The topological polar surface area (TPSA) is 116 Å². The largest absolute Gasteiger partial charge is 0.542 e. The number of hydrogen-bond donors (Lipinski definition) is 1. The average molecular weight is 543 g/mol. The van der Waals surface area contributed by atoms with Crippen molar-refractivity contribution in [2.45, 2.75) is 91.6 Å². The number of aromatic nitrogens is 1. The van der Waals surface area contributed by atoms with E-state index in [-0.39, 0.29) is 11.0 Å². The second-order valence-electron chi connectivity index (χ2n) is 12.5. The molecular weight excluding hydrogens is 500 g/mol. The molecule has 0 aliphatic rings. The van der Waals surface area contributed by atoms with Crippen LogP contribution in [0.3, 0.4) is 0 Å². The molecule has 0 atom stereocenters. The molecule has 2 rings (SSSR count). The number of nitrogens with two attached hydrogens (primary N) is 1. The van der Waals surface area contributed by atoms with Crippen molar-refractivity contribution in [1.82, 2.24) is 4.98 Å². The van der Waals surface area contributed by atoms with Crippen LogP contribution in [0.4, 0.5) is 15.3 Å². The summed E-state index contributed by atoms with van der Waals surface area (Å²) in [5, 5.41) is -0.0119. The van der Waals surface area contributed by atoms with Gasteiger partial charge in [-0.25, -0.2) is 14.5 Å². The van der Waals surface area contributed by atoms with Gasteiger partial charge in [-0.05, 0) is 83.9 Å². The normalized spacial score (nSPS) is 13.1. The van der Waals surface area contributed by atoms with Gasteiger partial charge in [-0.2, -0.15) is 0 Å². The van der Waals surface area contributed by atoms with E-state index in [4.69, 9.17) is 19.6 Å². The lowest BCUT2D eigenvalue weighted by Gasteiger charge is -2.36. The van der Waals surface area contributed by atoms with Crippen molar-refractivity contribution in [1.29, 1.82) is 0 Å². The predicted octanol–water partition coefficient (Wildman–Crippen LogP) is 7.12. The molecule has 0 fully saturated rings. The van der Waals surface area contributed by atoms with Crippen molar-refractivity contribution < 1.29 is 23.5 Å². The minimum absolute atomic E-state index is 0.0119. The summed E-state index contributed by atoms with van der Waals surface area (Å²) in [7, 11) is -2.16. The Morgan fingerprint density at radius 2 is 1.53 bits per heavy atom. The molecular formula is C28H42N4O5Si. The molecule has 0 aliphatic carbocycles. The molecule has 0 aliphatic heterocycles. The number of amides is 2. The van der Waals surface area contributed by atoms with E-state index in [1.807, 2.05) is 18.2 Å². The molecule has 1 aromatic carbocycles. The highest BCUT2D eigenvalue weighted by Crippen LogP contribution is 2.40. The monoisotopic (exact) mass is 542 g/mol. The molecule has 10 heteroatoms. The number of carbonyl (C=O) groups is 2. The summed E-state index contributed by atoms with van der Waals surface area (Å²) in [5.41, 5.74) is 6.23. The van der Waals surface area contributed by atoms with Gasteiger partial charge in [-0.1, -0.05) is 32.9 Å². The zero-order valence-corrected chi connectivity index (χ0v) is 25.5. The SMILES string of the molecule is CC(C)(C)OC(=O)N=C(N)N(C(=O)OC(C)(C)C)c1cccc(-c2ncccc2O[Si](C)(C)C(C)(C)C)c1. The maximum absolute atomic E-state index is 13.2. The first kappa shape index (κ1) is 30.8. The zero-order valence-electron chi connectivity index (χ0n) is 24.5. The summed E-state index contributed by atoms with van der Waals surface area (Å²) in [4.78, 5) is 35.0. The van der Waals surface area contributed by atoms with Gasteiger partial charge in [-0.3, -0.25) is 4.98 Å². The van der Waals surface area contributed by atoms with Gasteiger partial charge in [0.1, 0.15) is 22.6 Å². The van der Waals surface area contributed by atoms with Gasteiger partial charge in [0.15, 0.2) is 0 Å². The lowest BCUT2D eigenvalue weighted by Crippen LogP contribution is -2.45. The van der Waals surface area contributed by atoms with Crippen molar-refractivity contribution >= 4 is 32.2 Å². The molecule has 38 heavy (non-hydrogen) atoms. The number of nitrogens with zero attached hydrogens (tertiary/aromatic N) is 3. The molecule has 2 amide bonds. The second-order valence-corrected chi connectivity index (χ2v) is 17.3. The maximum atomic E-state index is 13.2. The minimum atomic E-state index is -2.16. The molecule has 0 unspecified atom stereocenters.